The first kappa shape index (κ1) is 11.3. The van der Waals surface area contributed by atoms with Crippen LogP contribution in [0.25, 0.3) is 0 Å². The first-order chi connectivity index (χ1) is 6.76. The second-order valence-electron chi connectivity index (χ2n) is 3.66. The minimum Gasteiger partial charge on any atom is -0.409 e. The van der Waals surface area contributed by atoms with Crippen LogP contribution in [0.15, 0.2) is 5.16 Å². The van der Waals surface area contributed by atoms with Crippen LogP contribution < -0.4 is 5.73 Å². The zero-order chi connectivity index (χ0) is 10.4. The van der Waals surface area contributed by atoms with Crippen LogP contribution >= 0.6 is 0 Å². The molecule has 1 rings (SSSR count). The first-order valence-corrected chi connectivity index (χ1v) is 5.17. The molecule has 0 aromatic heterocycles. The Morgan fingerprint density at radius 1 is 1.29 bits per heavy atom. The van der Waals surface area contributed by atoms with Gasteiger partial charge in [-0.15, -0.1) is 0 Å². The smallest absolute Gasteiger partial charge is 0.153 e. The molecule has 3 N–H and O–H groups in total. The number of hydrogen-bond acceptors (Lipinski definition) is 4. The van der Waals surface area contributed by atoms with E-state index in [4.69, 9.17) is 10.9 Å². The highest BCUT2D eigenvalue weighted by atomic mass is 16.4. The summed E-state index contributed by atoms with van der Waals surface area (Å²) in [7, 11) is 0. The number of nitrogens with two attached hydrogens (primary N) is 1. The van der Waals surface area contributed by atoms with Crippen molar-refractivity contribution in [2.75, 3.05) is 39.3 Å². The summed E-state index contributed by atoms with van der Waals surface area (Å²) in [5, 5.41) is 11.5. The van der Waals surface area contributed by atoms with Crippen LogP contribution in [0.5, 0.6) is 0 Å². The van der Waals surface area contributed by atoms with Gasteiger partial charge in [0.25, 0.3) is 0 Å². The zero-order valence-corrected chi connectivity index (χ0v) is 8.82. The van der Waals surface area contributed by atoms with Crippen LogP contribution in [0.4, 0.5) is 0 Å². The topological polar surface area (TPSA) is 65.1 Å². The molecule has 0 saturated carbocycles. The Bertz CT molecular complexity index is 195. The van der Waals surface area contributed by atoms with Crippen LogP contribution in [0.1, 0.15) is 13.3 Å². The van der Waals surface area contributed by atoms with Gasteiger partial charge in [-0.25, -0.2) is 0 Å². The molecule has 1 aliphatic heterocycles. The van der Waals surface area contributed by atoms with Crippen molar-refractivity contribution in [1.29, 1.82) is 0 Å². The summed E-state index contributed by atoms with van der Waals surface area (Å²) in [6.45, 7) is 8.14. The molecule has 0 radical (unpaired) electrons. The van der Waals surface area contributed by atoms with E-state index < -0.39 is 0 Å². The molecule has 5 nitrogen and oxygen atoms in total. The van der Waals surface area contributed by atoms with Gasteiger partial charge in [-0.2, -0.15) is 0 Å². The van der Waals surface area contributed by atoms with Gasteiger partial charge in [-0.1, -0.05) is 12.1 Å². The monoisotopic (exact) mass is 200 g/mol. The van der Waals surface area contributed by atoms with Crippen molar-refractivity contribution in [3.8, 4) is 0 Å². The summed E-state index contributed by atoms with van der Waals surface area (Å²) in [5.41, 5.74) is 5.47. The van der Waals surface area contributed by atoms with Crippen LogP contribution in [0.3, 0.4) is 0 Å². The molecule has 14 heavy (non-hydrogen) atoms. The lowest BCUT2D eigenvalue weighted by molar-refractivity contribution is 0.276. The molecule has 0 bridgehead atoms. The van der Waals surface area contributed by atoms with Gasteiger partial charge in [-0.3, -0.25) is 4.90 Å². The second-order valence-corrected chi connectivity index (χ2v) is 3.66. The minimum atomic E-state index is 0.301. The average molecular weight is 200 g/mol. The maximum Gasteiger partial charge on any atom is 0.153 e. The van der Waals surface area contributed by atoms with Gasteiger partial charge in [0.1, 0.15) is 0 Å². The number of likely N-dealkylation sites (N-methyl/N-ethyl adjacent to an activating group) is 1. The van der Waals surface area contributed by atoms with E-state index in [0.29, 0.717) is 12.4 Å². The highest BCUT2D eigenvalue weighted by Gasteiger charge is 2.13. The standard InChI is InChI=1S/C9H20N4O/c1-2-12-4-3-5-13(7-6-12)8-9(10)11-14/h14H,2-8H2,1H3,(H2,10,11). The third kappa shape index (κ3) is 3.51. The summed E-state index contributed by atoms with van der Waals surface area (Å²) < 4.78 is 0. The number of amidine groups is 1. The Morgan fingerprint density at radius 2 is 1.93 bits per heavy atom. The largest absolute Gasteiger partial charge is 0.409 e. The summed E-state index contributed by atoms with van der Waals surface area (Å²) in [6.07, 6.45) is 1.16. The van der Waals surface area contributed by atoms with Crippen molar-refractivity contribution in [3.63, 3.8) is 0 Å². The molecule has 82 valence electrons. The molecule has 0 aromatic carbocycles. The lowest BCUT2D eigenvalue weighted by Gasteiger charge is -2.19. The molecule has 1 heterocycles. The number of hydrogen-bond donors (Lipinski definition) is 2. The van der Waals surface area contributed by atoms with Crippen molar-refractivity contribution in [1.82, 2.24) is 9.80 Å². The fourth-order valence-corrected chi connectivity index (χ4v) is 1.76. The van der Waals surface area contributed by atoms with Gasteiger partial charge < -0.3 is 15.8 Å². The van der Waals surface area contributed by atoms with Crippen molar-refractivity contribution in [3.05, 3.63) is 0 Å². The molecule has 0 amide bonds. The van der Waals surface area contributed by atoms with Crippen molar-refractivity contribution < 1.29 is 5.21 Å². The summed E-state index contributed by atoms with van der Waals surface area (Å²) in [6, 6.07) is 0. The summed E-state index contributed by atoms with van der Waals surface area (Å²) in [4.78, 5) is 4.65. The molecule has 1 aliphatic rings. The third-order valence-electron chi connectivity index (χ3n) is 2.64. The van der Waals surface area contributed by atoms with Gasteiger partial charge in [0.2, 0.25) is 0 Å². The maximum absolute atomic E-state index is 8.46. The highest BCUT2D eigenvalue weighted by molar-refractivity contribution is 5.81. The molecule has 0 aliphatic carbocycles. The van der Waals surface area contributed by atoms with Gasteiger partial charge in [0.15, 0.2) is 5.84 Å². The Balaban J connectivity index is 2.34. The van der Waals surface area contributed by atoms with Crippen LogP contribution in [0.2, 0.25) is 0 Å². The van der Waals surface area contributed by atoms with Crippen LogP contribution in [0, 0.1) is 0 Å². The molecular formula is C9H20N4O. The third-order valence-corrected chi connectivity index (χ3v) is 2.64. The molecule has 1 fully saturated rings. The molecule has 0 atom stereocenters. The predicted molar refractivity (Wildman–Crippen MR) is 56.6 cm³/mol. The SMILES string of the molecule is CCN1CCCN(C/C(N)=N/O)CC1. The van der Waals surface area contributed by atoms with Gasteiger partial charge in [0.05, 0.1) is 6.54 Å². The lowest BCUT2D eigenvalue weighted by Crippen LogP contribution is -2.36. The Morgan fingerprint density at radius 3 is 2.57 bits per heavy atom. The summed E-state index contributed by atoms with van der Waals surface area (Å²) >= 11 is 0. The Labute approximate surface area is 85.2 Å². The van der Waals surface area contributed by atoms with Gasteiger partial charge >= 0.3 is 0 Å². The average Bonchev–Trinajstić information content (AvgIpc) is 2.43. The van der Waals surface area contributed by atoms with Crippen LogP contribution in [-0.2, 0) is 0 Å². The van der Waals surface area contributed by atoms with E-state index in [-0.39, 0.29) is 0 Å². The van der Waals surface area contributed by atoms with Gasteiger partial charge in [0, 0.05) is 13.1 Å². The van der Waals surface area contributed by atoms with Crippen molar-refractivity contribution in [2.24, 2.45) is 10.9 Å². The predicted octanol–water partition coefficient (Wildman–Crippen LogP) is -0.240. The van der Waals surface area contributed by atoms with E-state index in [1.165, 1.54) is 0 Å². The molecule has 0 aromatic rings. The number of nitrogens with zero attached hydrogens (tertiary/aromatic N) is 3. The second kappa shape index (κ2) is 5.82. The summed E-state index contributed by atoms with van der Waals surface area (Å²) in [5.74, 6) is 0.301. The number of rotatable bonds is 3. The normalized spacial score (nSPS) is 22.2. The minimum absolute atomic E-state index is 0.301. The first-order valence-electron chi connectivity index (χ1n) is 5.17. The van der Waals surface area contributed by atoms with E-state index in [2.05, 4.69) is 21.9 Å². The fourth-order valence-electron chi connectivity index (χ4n) is 1.76. The molecule has 0 spiro atoms. The highest BCUT2D eigenvalue weighted by Crippen LogP contribution is 2.01. The van der Waals surface area contributed by atoms with Crippen LogP contribution in [-0.4, -0.2) is 60.1 Å². The molecular weight excluding hydrogens is 180 g/mol. The lowest BCUT2D eigenvalue weighted by atomic mass is 10.4. The van der Waals surface area contributed by atoms with E-state index in [1.54, 1.807) is 0 Å². The van der Waals surface area contributed by atoms with E-state index in [9.17, 15) is 0 Å². The van der Waals surface area contributed by atoms with Crippen molar-refractivity contribution in [2.45, 2.75) is 13.3 Å². The molecule has 1 saturated heterocycles. The quantitative estimate of drug-likeness (QED) is 0.286. The molecule has 0 unspecified atom stereocenters. The van der Waals surface area contributed by atoms with Crippen molar-refractivity contribution >= 4 is 5.84 Å². The fraction of sp³-hybridized carbons (Fsp3) is 0.889. The zero-order valence-electron chi connectivity index (χ0n) is 8.82. The maximum atomic E-state index is 8.46. The Kier molecular flexibility index (Phi) is 4.69. The van der Waals surface area contributed by atoms with Gasteiger partial charge in [-0.05, 0) is 26.1 Å². The van der Waals surface area contributed by atoms with E-state index in [0.717, 1.165) is 39.1 Å². The Hall–Kier alpha value is -0.810. The van der Waals surface area contributed by atoms with E-state index in [1.807, 2.05) is 0 Å². The number of oxime groups is 1. The van der Waals surface area contributed by atoms with E-state index >= 15 is 0 Å². The molecule has 5 heteroatoms.